The zero-order chi connectivity index (χ0) is 20.2. The zero-order valence-corrected chi connectivity index (χ0v) is 17.0. The van der Waals surface area contributed by atoms with Crippen molar-refractivity contribution in [3.63, 3.8) is 0 Å². The van der Waals surface area contributed by atoms with Crippen molar-refractivity contribution in [1.29, 1.82) is 0 Å². The van der Waals surface area contributed by atoms with Crippen molar-refractivity contribution < 1.29 is 9.53 Å². The van der Waals surface area contributed by atoms with Crippen molar-refractivity contribution in [3.8, 4) is 5.75 Å². The van der Waals surface area contributed by atoms with Gasteiger partial charge in [0.1, 0.15) is 5.75 Å². The summed E-state index contributed by atoms with van der Waals surface area (Å²) < 4.78 is 5.63. The molecule has 1 amide bonds. The molecule has 1 N–H and O–H groups in total. The van der Waals surface area contributed by atoms with Crippen LogP contribution in [0, 0.1) is 17.4 Å². The summed E-state index contributed by atoms with van der Waals surface area (Å²) in [6.45, 7) is 2.22. The number of rotatable bonds is 1. The molecule has 2 aliphatic carbocycles. The molecule has 3 aromatic carbocycles. The quantitative estimate of drug-likeness (QED) is 0.687. The Hall–Kier alpha value is -3.33. The van der Waals surface area contributed by atoms with E-state index < -0.39 is 0 Å². The molecule has 0 radical (unpaired) electrons. The van der Waals surface area contributed by atoms with Gasteiger partial charge in [-0.15, -0.1) is 0 Å². The van der Waals surface area contributed by atoms with Crippen molar-refractivity contribution in [1.82, 2.24) is 0 Å². The Labute approximate surface area is 175 Å². The molecule has 0 bridgehead atoms. The van der Waals surface area contributed by atoms with E-state index in [0.29, 0.717) is 0 Å². The largest absolute Gasteiger partial charge is 0.482 e. The van der Waals surface area contributed by atoms with Crippen LogP contribution in [0.15, 0.2) is 48.5 Å². The third-order valence-corrected chi connectivity index (χ3v) is 6.64. The summed E-state index contributed by atoms with van der Waals surface area (Å²) in [4.78, 5) is 11.9. The maximum atomic E-state index is 11.9. The number of aryl methyl sites for hydroxylation is 1. The summed E-state index contributed by atoms with van der Waals surface area (Å²) in [5, 5.41) is 8.35. The van der Waals surface area contributed by atoms with Gasteiger partial charge in [-0.1, -0.05) is 42.5 Å². The van der Waals surface area contributed by atoms with Gasteiger partial charge in [0.05, 0.1) is 5.69 Å². The molecule has 0 atom stereocenters. The maximum absolute atomic E-state index is 11.9. The molecule has 0 aromatic heterocycles. The van der Waals surface area contributed by atoms with Gasteiger partial charge in [0.25, 0.3) is 5.91 Å². The second kappa shape index (κ2) is 6.60. The fourth-order valence-electron chi connectivity index (χ4n) is 5.23. The van der Waals surface area contributed by atoms with Gasteiger partial charge in [-0.3, -0.25) is 4.79 Å². The van der Waals surface area contributed by atoms with Crippen molar-refractivity contribution in [2.75, 3.05) is 11.9 Å². The molecule has 1 aliphatic heterocycles. The fraction of sp³-hybridized carbons (Fsp3) is 0.222. The molecule has 0 unspecified atom stereocenters. The van der Waals surface area contributed by atoms with Gasteiger partial charge in [0.15, 0.2) is 6.61 Å². The molecule has 6 rings (SSSR count). The Morgan fingerprint density at radius 2 is 1.83 bits per heavy atom. The van der Waals surface area contributed by atoms with Crippen LogP contribution in [-0.2, 0) is 17.6 Å². The highest BCUT2D eigenvalue weighted by atomic mass is 16.5. The van der Waals surface area contributed by atoms with Gasteiger partial charge in [-0.25, -0.2) is 0 Å². The highest BCUT2D eigenvalue weighted by Crippen LogP contribution is 2.35. The van der Waals surface area contributed by atoms with Crippen molar-refractivity contribution in [3.05, 3.63) is 91.7 Å². The fourth-order valence-corrected chi connectivity index (χ4v) is 5.23. The maximum Gasteiger partial charge on any atom is 0.262 e. The van der Waals surface area contributed by atoms with Gasteiger partial charge < -0.3 is 10.1 Å². The molecule has 0 saturated heterocycles. The molecular weight excluding hydrogens is 370 g/mol. The van der Waals surface area contributed by atoms with Crippen LogP contribution in [0.4, 0.5) is 5.69 Å². The summed E-state index contributed by atoms with van der Waals surface area (Å²) in [7, 11) is 0. The van der Waals surface area contributed by atoms with Gasteiger partial charge in [-0.05, 0) is 93.4 Å². The van der Waals surface area contributed by atoms with E-state index >= 15 is 0 Å². The lowest BCUT2D eigenvalue weighted by Gasteiger charge is -2.24. The molecule has 0 spiro atoms. The Bertz CT molecular complexity index is 1450. The summed E-state index contributed by atoms with van der Waals surface area (Å²) in [5.74, 6) is 0.661. The van der Waals surface area contributed by atoms with E-state index in [0.717, 1.165) is 24.3 Å². The minimum Gasteiger partial charge on any atom is -0.482 e. The minimum absolute atomic E-state index is 0.0845. The minimum atomic E-state index is -0.0960. The van der Waals surface area contributed by atoms with E-state index in [1.165, 1.54) is 61.5 Å². The highest BCUT2D eigenvalue weighted by molar-refractivity contribution is 5.96. The topological polar surface area (TPSA) is 38.3 Å². The molecule has 3 aromatic rings. The lowest BCUT2D eigenvalue weighted by atomic mass is 9.83. The van der Waals surface area contributed by atoms with Gasteiger partial charge in [0.2, 0.25) is 0 Å². The third-order valence-electron chi connectivity index (χ3n) is 6.64. The van der Waals surface area contributed by atoms with Crippen molar-refractivity contribution in [2.45, 2.75) is 32.6 Å². The number of nitrogens with one attached hydrogen (secondary N) is 1. The average molecular weight is 393 g/mol. The average Bonchev–Trinajstić information content (AvgIpc) is 2.78. The van der Waals surface area contributed by atoms with Gasteiger partial charge in [0, 0.05) is 0 Å². The number of fused-ring (bicyclic) bond motifs is 5. The zero-order valence-electron chi connectivity index (χ0n) is 17.0. The second-order valence-corrected chi connectivity index (χ2v) is 8.46. The Morgan fingerprint density at radius 3 is 2.73 bits per heavy atom. The standard InChI is InChI=1S/C27H23NO2/c1-16-12-26-25(28-27(29)15-30-26)14-22(16)24-13-23-18-7-3-2-6-17(18)10-11-21(23)19-8-4-5-9-20(19)24/h4-6,8-12,14H,2-3,7,13,15H2,1H3,(H,28,29). The van der Waals surface area contributed by atoms with Crippen LogP contribution in [0.5, 0.6) is 5.75 Å². The number of benzene rings is 3. The normalized spacial score (nSPS) is 16.3. The molecule has 1 heterocycles. The number of amides is 1. The Kier molecular flexibility index (Phi) is 3.85. The third kappa shape index (κ3) is 2.62. The SMILES string of the molecule is Cc1cc2c(cc1C1=c3ccccc3=c3ccc4c(c3C1)CCCC=4)NC(=O)CO2. The monoisotopic (exact) mass is 393 g/mol. The van der Waals surface area contributed by atoms with Crippen LogP contribution >= 0.6 is 0 Å². The number of hydrogen-bond donors (Lipinski definition) is 1. The summed E-state index contributed by atoms with van der Waals surface area (Å²) in [6.07, 6.45) is 6.84. The first-order chi connectivity index (χ1) is 14.7. The van der Waals surface area contributed by atoms with Gasteiger partial charge in [-0.2, -0.15) is 0 Å². The van der Waals surface area contributed by atoms with E-state index in [9.17, 15) is 4.79 Å². The van der Waals surface area contributed by atoms with E-state index in [2.05, 4.69) is 66.8 Å². The first-order valence-corrected chi connectivity index (χ1v) is 10.7. The van der Waals surface area contributed by atoms with E-state index in [1.807, 2.05) is 0 Å². The molecule has 0 saturated carbocycles. The number of anilines is 1. The van der Waals surface area contributed by atoms with Crippen LogP contribution in [0.3, 0.4) is 0 Å². The summed E-state index contributed by atoms with van der Waals surface area (Å²) in [6, 6.07) is 17.5. The summed E-state index contributed by atoms with van der Waals surface area (Å²) in [5.41, 5.74) is 7.44. The highest BCUT2D eigenvalue weighted by Gasteiger charge is 2.22. The smallest absolute Gasteiger partial charge is 0.262 e. The number of carbonyl (C=O) groups is 1. The number of hydrogen-bond acceptors (Lipinski definition) is 2. The first-order valence-electron chi connectivity index (χ1n) is 10.7. The van der Waals surface area contributed by atoms with Crippen LogP contribution in [-0.4, -0.2) is 12.5 Å². The molecule has 3 nitrogen and oxygen atoms in total. The number of ether oxygens (including phenoxy) is 1. The Morgan fingerprint density at radius 1 is 0.967 bits per heavy atom. The predicted octanol–water partition coefficient (Wildman–Crippen LogP) is 3.48. The van der Waals surface area contributed by atoms with Crippen molar-refractivity contribution in [2.24, 2.45) is 0 Å². The molecule has 3 heteroatoms. The van der Waals surface area contributed by atoms with Crippen LogP contribution in [0.2, 0.25) is 0 Å². The summed E-state index contributed by atoms with van der Waals surface area (Å²) >= 11 is 0. The second-order valence-electron chi connectivity index (χ2n) is 8.46. The number of carbonyl (C=O) groups excluding carboxylic acids is 1. The lowest BCUT2D eigenvalue weighted by molar-refractivity contribution is -0.118. The molecule has 148 valence electrons. The Balaban J connectivity index is 1.68. The van der Waals surface area contributed by atoms with Crippen LogP contribution in [0.1, 0.15) is 35.1 Å². The predicted molar refractivity (Wildman–Crippen MR) is 119 cm³/mol. The van der Waals surface area contributed by atoms with E-state index in [1.54, 1.807) is 0 Å². The van der Waals surface area contributed by atoms with E-state index in [-0.39, 0.29) is 12.5 Å². The van der Waals surface area contributed by atoms with Gasteiger partial charge >= 0.3 is 0 Å². The van der Waals surface area contributed by atoms with Crippen molar-refractivity contribution >= 4 is 23.2 Å². The van der Waals surface area contributed by atoms with E-state index in [4.69, 9.17) is 4.74 Å². The first kappa shape index (κ1) is 17.5. The molecular formula is C27H23NO2. The van der Waals surface area contributed by atoms with Crippen LogP contribution < -0.4 is 20.5 Å². The molecule has 0 fully saturated rings. The molecule has 3 aliphatic rings. The van der Waals surface area contributed by atoms with Crippen LogP contribution in [0.25, 0.3) is 11.6 Å². The molecule has 30 heavy (non-hydrogen) atoms. The lowest BCUT2D eigenvalue weighted by Crippen LogP contribution is -2.26.